The van der Waals surface area contributed by atoms with Gasteiger partial charge < -0.3 is 9.47 Å². The first kappa shape index (κ1) is 18.8. The van der Waals surface area contributed by atoms with Gasteiger partial charge >= 0.3 is 0 Å². The Bertz CT molecular complexity index is 803. The molecular weight excluding hydrogens is 340 g/mol. The Labute approximate surface area is 152 Å². The molecule has 0 aliphatic heterocycles. The van der Waals surface area contributed by atoms with Crippen molar-refractivity contribution >= 4 is 23.7 Å². The number of hydrogen-bond donors (Lipinski definition) is 1. The Morgan fingerprint density at radius 3 is 2.60 bits per heavy atom. The summed E-state index contributed by atoms with van der Waals surface area (Å²) >= 11 is 6.14. The van der Waals surface area contributed by atoms with Gasteiger partial charge in [-0.3, -0.25) is 4.79 Å². The summed E-state index contributed by atoms with van der Waals surface area (Å²) in [5.41, 5.74) is 6.45. The number of benzene rings is 2. The Morgan fingerprint density at radius 2 is 1.96 bits per heavy atom. The first-order valence-electron chi connectivity index (χ1n) is 7.74. The maximum absolute atomic E-state index is 12.0. The van der Waals surface area contributed by atoms with Gasteiger partial charge in [-0.1, -0.05) is 35.4 Å². The van der Waals surface area contributed by atoms with Crippen LogP contribution in [0.4, 0.5) is 0 Å². The molecule has 0 saturated carbocycles. The lowest BCUT2D eigenvalue weighted by Gasteiger charge is -2.10. The van der Waals surface area contributed by atoms with E-state index in [0.29, 0.717) is 22.1 Å². The van der Waals surface area contributed by atoms with Crippen LogP contribution >= 0.6 is 11.6 Å². The fraction of sp³-hybridized carbons (Fsp3) is 0.263. The molecule has 0 aliphatic carbocycles. The van der Waals surface area contributed by atoms with Crippen molar-refractivity contribution in [3.8, 4) is 11.5 Å². The summed E-state index contributed by atoms with van der Waals surface area (Å²) in [6.45, 7) is 4.01. The van der Waals surface area contributed by atoms with Gasteiger partial charge in [-0.25, -0.2) is 5.43 Å². The molecule has 0 atom stereocenters. The standard InChI is InChI=1S/C19H21ClN2O3/c1-12-5-6-15(13(2)7-12)10-18(23)22-21-11-14-8-16(20)19(25-4)17(9-14)24-3/h5-9,11H,10H2,1-4H3,(H,22,23)/b21-11-. The van der Waals surface area contributed by atoms with Crippen LogP contribution < -0.4 is 14.9 Å². The summed E-state index contributed by atoms with van der Waals surface area (Å²) in [5.74, 6) is 0.771. The minimum atomic E-state index is -0.185. The van der Waals surface area contributed by atoms with E-state index in [2.05, 4.69) is 16.6 Å². The molecule has 0 heterocycles. The van der Waals surface area contributed by atoms with E-state index in [1.807, 2.05) is 26.0 Å². The number of methoxy groups -OCH3 is 2. The van der Waals surface area contributed by atoms with Crippen LogP contribution in [0.2, 0.25) is 5.02 Å². The fourth-order valence-electron chi connectivity index (χ4n) is 2.45. The van der Waals surface area contributed by atoms with Gasteiger partial charge in [0.25, 0.3) is 0 Å². The van der Waals surface area contributed by atoms with Crippen molar-refractivity contribution in [1.82, 2.24) is 5.43 Å². The number of amides is 1. The first-order valence-corrected chi connectivity index (χ1v) is 8.12. The number of aryl methyl sites for hydroxylation is 2. The maximum Gasteiger partial charge on any atom is 0.244 e. The number of rotatable bonds is 6. The lowest BCUT2D eigenvalue weighted by molar-refractivity contribution is -0.120. The highest BCUT2D eigenvalue weighted by atomic mass is 35.5. The van der Waals surface area contributed by atoms with Gasteiger partial charge in [0.2, 0.25) is 5.91 Å². The highest BCUT2D eigenvalue weighted by Gasteiger charge is 2.10. The Kier molecular flexibility index (Phi) is 6.42. The monoisotopic (exact) mass is 360 g/mol. The molecule has 25 heavy (non-hydrogen) atoms. The second-order valence-corrected chi connectivity index (χ2v) is 6.05. The molecule has 0 aromatic heterocycles. The molecule has 2 aromatic carbocycles. The molecule has 1 amide bonds. The summed E-state index contributed by atoms with van der Waals surface area (Å²) in [4.78, 5) is 12.0. The van der Waals surface area contributed by atoms with E-state index in [0.717, 1.165) is 11.1 Å². The summed E-state index contributed by atoms with van der Waals surface area (Å²) in [7, 11) is 3.05. The molecule has 2 aromatic rings. The van der Waals surface area contributed by atoms with Crippen LogP contribution in [0, 0.1) is 13.8 Å². The minimum absolute atomic E-state index is 0.185. The molecule has 0 aliphatic rings. The van der Waals surface area contributed by atoms with Gasteiger partial charge in [-0.2, -0.15) is 5.10 Å². The molecule has 0 fully saturated rings. The molecular formula is C19H21ClN2O3. The van der Waals surface area contributed by atoms with Crippen LogP contribution in [0.15, 0.2) is 35.4 Å². The van der Waals surface area contributed by atoms with E-state index in [9.17, 15) is 4.79 Å². The Hall–Kier alpha value is -2.53. The van der Waals surface area contributed by atoms with Crippen molar-refractivity contribution in [2.45, 2.75) is 20.3 Å². The number of ether oxygens (including phenoxy) is 2. The number of hydrogen-bond acceptors (Lipinski definition) is 4. The summed E-state index contributed by atoms with van der Waals surface area (Å²) < 4.78 is 10.4. The molecule has 6 heteroatoms. The van der Waals surface area contributed by atoms with Crippen LogP contribution in [-0.2, 0) is 11.2 Å². The largest absolute Gasteiger partial charge is 0.493 e. The van der Waals surface area contributed by atoms with Crippen molar-refractivity contribution in [3.63, 3.8) is 0 Å². The molecule has 0 radical (unpaired) electrons. The van der Waals surface area contributed by atoms with E-state index in [4.69, 9.17) is 21.1 Å². The zero-order valence-electron chi connectivity index (χ0n) is 14.7. The van der Waals surface area contributed by atoms with E-state index in [-0.39, 0.29) is 12.3 Å². The third-order valence-electron chi connectivity index (χ3n) is 3.71. The quantitative estimate of drug-likeness (QED) is 0.631. The van der Waals surface area contributed by atoms with Crippen LogP contribution in [0.25, 0.3) is 0 Å². The third kappa shape index (κ3) is 4.97. The van der Waals surface area contributed by atoms with Crippen molar-refractivity contribution in [3.05, 3.63) is 57.6 Å². The minimum Gasteiger partial charge on any atom is -0.493 e. The van der Waals surface area contributed by atoms with E-state index in [1.165, 1.54) is 26.0 Å². The van der Waals surface area contributed by atoms with Crippen LogP contribution in [0.5, 0.6) is 11.5 Å². The molecule has 0 unspecified atom stereocenters. The summed E-state index contributed by atoms with van der Waals surface area (Å²) in [6.07, 6.45) is 1.78. The third-order valence-corrected chi connectivity index (χ3v) is 3.99. The number of carbonyl (C=O) groups is 1. The fourth-order valence-corrected chi connectivity index (χ4v) is 2.74. The van der Waals surface area contributed by atoms with Crippen LogP contribution in [-0.4, -0.2) is 26.3 Å². The predicted molar refractivity (Wildman–Crippen MR) is 99.9 cm³/mol. The normalized spacial score (nSPS) is 10.8. The van der Waals surface area contributed by atoms with Crippen LogP contribution in [0.3, 0.4) is 0 Å². The zero-order valence-corrected chi connectivity index (χ0v) is 15.5. The number of nitrogens with zero attached hydrogens (tertiary/aromatic N) is 1. The number of halogens is 1. The average molecular weight is 361 g/mol. The smallest absolute Gasteiger partial charge is 0.244 e. The highest BCUT2D eigenvalue weighted by molar-refractivity contribution is 6.32. The maximum atomic E-state index is 12.0. The lowest BCUT2D eigenvalue weighted by atomic mass is 10.0. The molecule has 1 N–H and O–H groups in total. The Balaban J connectivity index is 2.03. The second kappa shape index (κ2) is 8.53. The second-order valence-electron chi connectivity index (χ2n) is 5.64. The number of nitrogens with one attached hydrogen (secondary N) is 1. The number of hydrazone groups is 1. The van der Waals surface area contributed by atoms with E-state index in [1.54, 1.807) is 12.1 Å². The van der Waals surface area contributed by atoms with Gasteiger partial charge in [-0.15, -0.1) is 0 Å². The van der Waals surface area contributed by atoms with E-state index < -0.39 is 0 Å². The van der Waals surface area contributed by atoms with Gasteiger partial charge in [0.05, 0.1) is 31.9 Å². The zero-order chi connectivity index (χ0) is 18.4. The SMILES string of the molecule is COc1cc(/C=N\NC(=O)Cc2ccc(C)cc2C)cc(Cl)c1OC. The van der Waals surface area contributed by atoms with Crippen LogP contribution in [0.1, 0.15) is 22.3 Å². The predicted octanol–water partition coefficient (Wildman–Crippen LogP) is 3.67. The Morgan fingerprint density at radius 1 is 1.20 bits per heavy atom. The van der Waals surface area contributed by atoms with Crippen molar-refractivity contribution in [2.75, 3.05) is 14.2 Å². The van der Waals surface area contributed by atoms with Gasteiger partial charge in [-0.05, 0) is 42.7 Å². The number of carbonyl (C=O) groups excluding carboxylic acids is 1. The van der Waals surface area contributed by atoms with E-state index >= 15 is 0 Å². The molecule has 5 nitrogen and oxygen atoms in total. The van der Waals surface area contributed by atoms with Crippen molar-refractivity contribution in [1.29, 1.82) is 0 Å². The molecule has 2 rings (SSSR count). The summed E-state index contributed by atoms with van der Waals surface area (Å²) in [5, 5.41) is 4.38. The highest BCUT2D eigenvalue weighted by Crippen LogP contribution is 2.35. The lowest BCUT2D eigenvalue weighted by Crippen LogP contribution is -2.20. The van der Waals surface area contributed by atoms with Gasteiger partial charge in [0.15, 0.2) is 11.5 Å². The van der Waals surface area contributed by atoms with Crippen molar-refractivity contribution in [2.24, 2.45) is 5.10 Å². The molecule has 0 saturated heterocycles. The molecule has 132 valence electrons. The summed E-state index contributed by atoms with van der Waals surface area (Å²) in [6, 6.07) is 9.41. The molecule has 0 spiro atoms. The molecule has 0 bridgehead atoms. The first-order chi connectivity index (χ1) is 11.9. The van der Waals surface area contributed by atoms with Gasteiger partial charge in [0, 0.05) is 0 Å². The average Bonchev–Trinajstić information content (AvgIpc) is 2.57. The van der Waals surface area contributed by atoms with Crippen molar-refractivity contribution < 1.29 is 14.3 Å². The topological polar surface area (TPSA) is 59.9 Å². The van der Waals surface area contributed by atoms with Gasteiger partial charge in [0.1, 0.15) is 0 Å².